The summed E-state index contributed by atoms with van der Waals surface area (Å²) in [5.74, 6) is -1.60. The molecule has 0 bridgehead atoms. The number of sulfonamides is 2. The van der Waals surface area contributed by atoms with Crippen LogP contribution in [-0.4, -0.2) is 64.6 Å². The summed E-state index contributed by atoms with van der Waals surface area (Å²) in [6.07, 6.45) is 12.1. The van der Waals surface area contributed by atoms with Crippen LogP contribution >= 0.6 is 0 Å². The van der Waals surface area contributed by atoms with Gasteiger partial charge in [-0.25, -0.2) is 16.8 Å². The van der Waals surface area contributed by atoms with Crippen molar-refractivity contribution >= 4 is 66.4 Å². The fourth-order valence-electron chi connectivity index (χ4n) is 10.6. The van der Waals surface area contributed by atoms with Gasteiger partial charge in [0.25, 0.3) is 20.0 Å². The molecule has 16 heteroatoms. The number of nitrogens with zero attached hydrogens (tertiary/aromatic N) is 2. The lowest BCUT2D eigenvalue weighted by molar-refractivity contribution is -0.125. The van der Waals surface area contributed by atoms with E-state index in [0.717, 1.165) is 96.8 Å². The second kappa shape index (κ2) is 21.3. The van der Waals surface area contributed by atoms with Crippen LogP contribution in [0.25, 0.3) is 0 Å². The van der Waals surface area contributed by atoms with Gasteiger partial charge in [-0.05, 0) is 114 Å². The first-order valence-electron chi connectivity index (χ1n) is 24.0. The van der Waals surface area contributed by atoms with Crippen molar-refractivity contribution < 1.29 is 36.0 Å². The van der Waals surface area contributed by atoms with E-state index in [9.17, 15) is 36.0 Å². The van der Waals surface area contributed by atoms with E-state index in [-0.39, 0.29) is 46.5 Å². The highest BCUT2D eigenvalue weighted by molar-refractivity contribution is 7.93. The van der Waals surface area contributed by atoms with Crippen molar-refractivity contribution in [3.8, 4) is 0 Å². The van der Waals surface area contributed by atoms with E-state index in [1.807, 2.05) is 38.1 Å². The lowest BCUT2D eigenvalue weighted by Crippen LogP contribution is -2.53. The number of anilines is 4. The number of carbonyl (C=O) groups is 4. The van der Waals surface area contributed by atoms with Crippen LogP contribution in [0, 0.1) is 41.5 Å². The molecule has 0 unspecified atom stereocenters. The summed E-state index contributed by atoms with van der Waals surface area (Å²) in [6.45, 7) is 10.9. The van der Waals surface area contributed by atoms with Gasteiger partial charge in [-0.2, -0.15) is 0 Å². The second-order valence-corrected chi connectivity index (χ2v) is 22.5. The Morgan fingerprint density at radius 1 is 0.515 bits per heavy atom. The third-order valence-corrected chi connectivity index (χ3v) is 17.7. The molecule has 2 fully saturated rings. The SMILES string of the molecule is Cc1cc(C)c(S(=O)(=O)N2c3ccccc3NC(=O)[C@@H]2CC(=O)NC2CCCCCC2)c(C)c1.Cc1cc(C)c(S(=O)(=O)N2c3ccccc3NC(=O)[C@H]2CC(=O)NC2CCCCCC2)c(C)c1. The van der Waals surface area contributed by atoms with Gasteiger partial charge in [0.2, 0.25) is 23.6 Å². The van der Waals surface area contributed by atoms with Crippen LogP contribution < -0.4 is 29.9 Å². The zero-order chi connectivity index (χ0) is 48.9. The molecule has 8 rings (SSSR count). The van der Waals surface area contributed by atoms with Gasteiger partial charge in [0.05, 0.1) is 45.4 Å². The molecule has 4 aromatic carbocycles. The van der Waals surface area contributed by atoms with Gasteiger partial charge in [-0.15, -0.1) is 0 Å². The fourth-order valence-corrected chi connectivity index (χ4v) is 14.7. The monoisotopic (exact) mass is 966 g/mol. The molecule has 0 spiro atoms. The van der Waals surface area contributed by atoms with Crippen LogP contribution in [0.2, 0.25) is 0 Å². The molecular formula is C52H66N6O8S2. The molecule has 2 aliphatic heterocycles. The summed E-state index contributed by atoms with van der Waals surface area (Å²) in [5.41, 5.74) is 5.95. The molecule has 4 aromatic rings. The van der Waals surface area contributed by atoms with Gasteiger partial charge in [-0.3, -0.25) is 27.8 Å². The lowest BCUT2D eigenvalue weighted by atomic mass is 10.1. The maximum absolute atomic E-state index is 14.1. The maximum Gasteiger partial charge on any atom is 0.265 e. The zero-order valence-corrected chi connectivity index (χ0v) is 41.7. The summed E-state index contributed by atoms with van der Waals surface area (Å²) >= 11 is 0. The Morgan fingerprint density at radius 2 is 0.824 bits per heavy atom. The minimum atomic E-state index is -4.13. The van der Waals surface area contributed by atoms with Gasteiger partial charge in [0.15, 0.2) is 0 Å². The van der Waals surface area contributed by atoms with E-state index in [4.69, 9.17) is 0 Å². The van der Waals surface area contributed by atoms with Gasteiger partial charge in [0.1, 0.15) is 12.1 Å². The Balaban J connectivity index is 0.000000201. The smallest absolute Gasteiger partial charge is 0.265 e. The number of amides is 4. The van der Waals surface area contributed by atoms with E-state index in [2.05, 4.69) is 21.3 Å². The summed E-state index contributed by atoms with van der Waals surface area (Å²) < 4.78 is 58.7. The third-order valence-electron chi connectivity index (χ3n) is 13.4. The largest absolute Gasteiger partial charge is 0.353 e. The molecule has 2 saturated carbocycles. The van der Waals surface area contributed by atoms with E-state index in [0.29, 0.717) is 45.0 Å². The Kier molecular flexibility index (Phi) is 15.7. The molecule has 2 atom stereocenters. The van der Waals surface area contributed by atoms with Crippen molar-refractivity contribution in [2.75, 3.05) is 19.2 Å². The minimum absolute atomic E-state index is 0.0700. The summed E-state index contributed by atoms with van der Waals surface area (Å²) in [5, 5.41) is 11.7. The molecule has 68 heavy (non-hydrogen) atoms. The van der Waals surface area contributed by atoms with Gasteiger partial charge in [-0.1, -0.05) is 111 Å². The number of aryl methyl sites for hydroxylation is 6. The quantitative estimate of drug-likeness (QED) is 0.113. The van der Waals surface area contributed by atoms with E-state index in [1.54, 1.807) is 76.2 Å². The van der Waals surface area contributed by atoms with Crippen LogP contribution in [0.15, 0.2) is 82.6 Å². The van der Waals surface area contributed by atoms with Crippen molar-refractivity contribution in [1.29, 1.82) is 0 Å². The summed E-state index contributed by atoms with van der Waals surface area (Å²) in [6, 6.07) is 18.7. The normalized spacial score (nSPS) is 19.2. The van der Waals surface area contributed by atoms with Crippen molar-refractivity contribution in [1.82, 2.24) is 10.6 Å². The molecule has 0 saturated heterocycles. The number of fused-ring (bicyclic) bond motifs is 2. The number of hydrogen-bond acceptors (Lipinski definition) is 8. The number of para-hydroxylation sites is 4. The van der Waals surface area contributed by atoms with E-state index >= 15 is 0 Å². The van der Waals surface area contributed by atoms with E-state index < -0.39 is 43.9 Å². The number of carbonyl (C=O) groups excluding carboxylic acids is 4. The number of nitrogens with one attached hydrogen (secondary N) is 4. The molecule has 0 radical (unpaired) electrons. The Hall–Kier alpha value is -5.74. The average Bonchev–Trinajstić information content (AvgIpc) is 3.68. The Bertz CT molecular complexity index is 2540. The van der Waals surface area contributed by atoms with Crippen LogP contribution in [0.1, 0.15) is 123 Å². The van der Waals surface area contributed by atoms with Crippen LogP contribution in [-0.2, 0) is 39.2 Å². The molecule has 2 aliphatic carbocycles. The maximum atomic E-state index is 14.1. The second-order valence-electron chi connectivity index (χ2n) is 19.0. The van der Waals surface area contributed by atoms with E-state index in [1.165, 1.54) is 0 Å². The fraction of sp³-hybridized carbons (Fsp3) is 0.462. The van der Waals surface area contributed by atoms with Crippen molar-refractivity contribution in [2.24, 2.45) is 0 Å². The molecule has 14 nitrogen and oxygen atoms in total. The molecular weight excluding hydrogens is 901 g/mol. The third kappa shape index (κ3) is 11.1. The van der Waals surface area contributed by atoms with Crippen LogP contribution in [0.4, 0.5) is 22.7 Å². The van der Waals surface area contributed by atoms with Gasteiger partial charge in [0, 0.05) is 12.1 Å². The van der Waals surface area contributed by atoms with Crippen LogP contribution in [0.5, 0.6) is 0 Å². The number of benzene rings is 4. The highest BCUT2D eigenvalue weighted by Crippen LogP contribution is 2.41. The first kappa shape index (κ1) is 50.1. The highest BCUT2D eigenvalue weighted by atomic mass is 32.2. The highest BCUT2D eigenvalue weighted by Gasteiger charge is 2.45. The molecule has 4 N–H and O–H groups in total. The molecule has 4 aliphatic rings. The molecule has 2 heterocycles. The molecule has 364 valence electrons. The van der Waals surface area contributed by atoms with Crippen LogP contribution in [0.3, 0.4) is 0 Å². The zero-order valence-electron chi connectivity index (χ0n) is 40.1. The topological polar surface area (TPSA) is 191 Å². The Morgan fingerprint density at radius 3 is 1.15 bits per heavy atom. The molecule has 4 amide bonds. The van der Waals surface area contributed by atoms with Crippen molar-refractivity contribution in [2.45, 2.75) is 165 Å². The number of hydrogen-bond donors (Lipinski definition) is 4. The minimum Gasteiger partial charge on any atom is -0.353 e. The van der Waals surface area contributed by atoms with Gasteiger partial charge < -0.3 is 21.3 Å². The average molecular weight is 967 g/mol. The number of rotatable bonds is 10. The first-order chi connectivity index (χ1) is 32.4. The predicted molar refractivity (Wildman–Crippen MR) is 267 cm³/mol. The van der Waals surface area contributed by atoms with Gasteiger partial charge >= 0.3 is 0 Å². The predicted octanol–water partition coefficient (Wildman–Crippen LogP) is 8.71. The summed E-state index contributed by atoms with van der Waals surface area (Å²) in [7, 11) is -8.26. The lowest BCUT2D eigenvalue weighted by Gasteiger charge is -2.37. The van der Waals surface area contributed by atoms with Crippen molar-refractivity contribution in [3.05, 3.63) is 106 Å². The standard InChI is InChI=1S/2C26H33N3O4S/c2*1-17-14-18(2)25(19(3)15-17)34(32,33)29-22-13-9-8-12-21(22)28-26(31)23(29)16-24(30)27-20-10-6-4-5-7-11-20/h2*8-9,12-15,20,23H,4-7,10-11,16H2,1-3H3,(H,27,30)(H,28,31)/t2*23-/m10/s1. The summed E-state index contributed by atoms with van der Waals surface area (Å²) in [4.78, 5) is 52.7. The first-order valence-corrected chi connectivity index (χ1v) is 26.9. The van der Waals surface area contributed by atoms with Crippen molar-refractivity contribution in [3.63, 3.8) is 0 Å². The Labute approximate surface area is 402 Å². The molecule has 0 aromatic heterocycles.